The zero-order valence-electron chi connectivity index (χ0n) is 14.6. The Labute approximate surface area is 169 Å². The predicted octanol–water partition coefficient (Wildman–Crippen LogP) is 4.07. The number of phenols is 2. The summed E-state index contributed by atoms with van der Waals surface area (Å²) in [7, 11) is 0. The number of hydrogen-bond donors (Lipinski definition) is 2. The predicted molar refractivity (Wildman–Crippen MR) is 112 cm³/mol. The molecule has 4 rings (SSSR count). The maximum atomic E-state index is 10.0. The van der Waals surface area contributed by atoms with Gasteiger partial charge in [-0.2, -0.15) is 5.10 Å². The minimum atomic E-state index is -0.0360. The van der Waals surface area contributed by atoms with Crippen LogP contribution in [0.1, 0.15) is 11.1 Å². The summed E-state index contributed by atoms with van der Waals surface area (Å²) in [6.45, 7) is 0.498. The molecule has 0 atom stereocenters. The van der Waals surface area contributed by atoms with Gasteiger partial charge in [0.25, 0.3) is 0 Å². The zero-order chi connectivity index (χ0) is 19.3. The fourth-order valence-corrected chi connectivity index (χ4v) is 4.16. The molecule has 6 nitrogen and oxygen atoms in total. The summed E-state index contributed by atoms with van der Waals surface area (Å²) in [5.41, 5.74) is 2.45. The molecule has 140 valence electrons. The van der Waals surface area contributed by atoms with E-state index in [1.807, 2.05) is 35.0 Å². The SMILES string of the molecule is Oc1ccc(C=Nn2c(-c3cccs3)csc2=NCc2cccnc2)c(O)c1. The standard InChI is InChI=1S/C20H16N4O2S2/c25-16-6-5-15(18(26)9-16)12-23-24-17(19-4-2-8-27-19)13-28-20(24)22-11-14-3-1-7-21-10-14/h1-10,12-13,25-26H,11H2. The summed E-state index contributed by atoms with van der Waals surface area (Å²) in [6, 6.07) is 12.3. The summed E-state index contributed by atoms with van der Waals surface area (Å²) in [4.78, 5) is 10.6. The maximum absolute atomic E-state index is 10.0. The molecule has 8 heteroatoms. The smallest absolute Gasteiger partial charge is 0.206 e. The van der Waals surface area contributed by atoms with Crippen LogP contribution in [0.25, 0.3) is 10.6 Å². The molecule has 2 N–H and O–H groups in total. The van der Waals surface area contributed by atoms with Gasteiger partial charge in [-0.25, -0.2) is 4.68 Å². The maximum Gasteiger partial charge on any atom is 0.206 e. The van der Waals surface area contributed by atoms with Crippen molar-refractivity contribution in [2.45, 2.75) is 6.54 Å². The number of thiazole rings is 1. The number of hydrogen-bond acceptors (Lipinski definition) is 7. The van der Waals surface area contributed by atoms with Crippen molar-refractivity contribution in [1.82, 2.24) is 9.66 Å². The van der Waals surface area contributed by atoms with Gasteiger partial charge in [-0.15, -0.1) is 22.7 Å². The van der Waals surface area contributed by atoms with Crippen molar-refractivity contribution in [3.05, 3.63) is 81.5 Å². The first-order chi connectivity index (χ1) is 13.7. The van der Waals surface area contributed by atoms with Crippen molar-refractivity contribution < 1.29 is 10.2 Å². The van der Waals surface area contributed by atoms with Gasteiger partial charge in [0, 0.05) is 29.4 Å². The molecule has 0 aliphatic rings. The first-order valence-electron chi connectivity index (χ1n) is 8.41. The summed E-state index contributed by atoms with van der Waals surface area (Å²) >= 11 is 3.12. The molecule has 4 aromatic rings. The quantitative estimate of drug-likeness (QED) is 0.488. The lowest BCUT2D eigenvalue weighted by atomic mass is 10.2. The first kappa shape index (κ1) is 18.1. The second-order valence-electron chi connectivity index (χ2n) is 5.86. The van der Waals surface area contributed by atoms with Crippen LogP contribution in [0, 0.1) is 0 Å². The molecular weight excluding hydrogens is 392 g/mol. The Morgan fingerprint density at radius 2 is 2.04 bits per heavy atom. The second-order valence-corrected chi connectivity index (χ2v) is 7.64. The molecule has 28 heavy (non-hydrogen) atoms. The Kier molecular flexibility index (Phi) is 5.31. The summed E-state index contributed by atoms with van der Waals surface area (Å²) < 4.78 is 1.76. The van der Waals surface area contributed by atoms with Crippen LogP contribution in [-0.2, 0) is 6.54 Å². The molecule has 3 heterocycles. The van der Waals surface area contributed by atoms with Gasteiger partial charge in [0.1, 0.15) is 11.5 Å². The fourth-order valence-electron chi connectivity index (χ4n) is 2.53. The lowest BCUT2D eigenvalue weighted by molar-refractivity contribution is 0.450. The highest BCUT2D eigenvalue weighted by atomic mass is 32.1. The van der Waals surface area contributed by atoms with Crippen LogP contribution in [0.5, 0.6) is 11.5 Å². The fraction of sp³-hybridized carbons (Fsp3) is 0.0500. The Hall–Kier alpha value is -3.23. The van der Waals surface area contributed by atoms with Crippen molar-refractivity contribution in [2.24, 2.45) is 10.1 Å². The van der Waals surface area contributed by atoms with E-state index in [-0.39, 0.29) is 11.5 Å². The van der Waals surface area contributed by atoms with E-state index in [0.29, 0.717) is 12.1 Å². The molecular formula is C20H16N4O2S2. The molecule has 0 unspecified atom stereocenters. The van der Waals surface area contributed by atoms with E-state index in [1.54, 1.807) is 40.7 Å². The summed E-state index contributed by atoms with van der Waals surface area (Å²) in [6.07, 6.45) is 5.08. The van der Waals surface area contributed by atoms with Crippen LogP contribution in [0.3, 0.4) is 0 Å². The number of rotatable bonds is 5. The van der Waals surface area contributed by atoms with E-state index < -0.39 is 0 Å². The van der Waals surface area contributed by atoms with E-state index in [0.717, 1.165) is 20.9 Å². The highest BCUT2D eigenvalue weighted by molar-refractivity contribution is 7.14. The second kappa shape index (κ2) is 8.20. The molecule has 3 aromatic heterocycles. The van der Waals surface area contributed by atoms with Crippen LogP contribution in [0.4, 0.5) is 0 Å². The minimum absolute atomic E-state index is 0.00395. The van der Waals surface area contributed by atoms with Gasteiger partial charge in [0.05, 0.1) is 23.3 Å². The number of thiophene rings is 1. The van der Waals surface area contributed by atoms with Gasteiger partial charge in [0.15, 0.2) is 0 Å². The highest BCUT2D eigenvalue weighted by Gasteiger charge is 2.09. The summed E-state index contributed by atoms with van der Waals surface area (Å²) in [5, 5.41) is 28.0. The number of nitrogens with zero attached hydrogens (tertiary/aromatic N) is 4. The molecule has 0 saturated heterocycles. The third-order valence-electron chi connectivity index (χ3n) is 3.90. The van der Waals surface area contributed by atoms with E-state index in [9.17, 15) is 10.2 Å². The van der Waals surface area contributed by atoms with Crippen molar-refractivity contribution in [2.75, 3.05) is 0 Å². The molecule has 0 radical (unpaired) electrons. The molecule has 0 aliphatic carbocycles. The summed E-state index contributed by atoms with van der Waals surface area (Å²) in [5.74, 6) is -0.0321. The van der Waals surface area contributed by atoms with Crippen molar-refractivity contribution in [3.63, 3.8) is 0 Å². The van der Waals surface area contributed by atoms with Crippen LogP contribution in [-0.4, -0.2) is 26.1 Å². The molecule has 0 saturated carbocycles. The normalized spacial score (nSPS) is 12.1. The zero-order valence-corrected chi connectivity index (χ0v) is 16.3. The van der Waals surface area contributed by atoms with E-state index in [4.69, 9.17) is 0 Å². The molecule has 0 spiro atoms. The lowest BCUT2D eigenvalue weighted by Gasteiger charge is -2.03. The van der Waals surface area contributed by atoms with Gasteiger partial charge in [-0.3, -0.25) is 9.98 Å². The number of phenolic OH excluding ortho intramolecular Hbond substituents is 2. The van der Waals surface area contributed by atoms with Crippen molar-refractivity contribution in [3.8, 4) is 22.1 Å². The molecule has 0 amide bonds. The van der Waals surface area contributed by atoms with E-state index in [1.165, 1.54) is 23.5 Å². The molecule has 0 fully saturated rings. The average molecular weight is 409 g/mol. The topological polar surface area (TPSA) is 83.0 Å². The monoisotopic (exact) mass is 408 g/mol. The molecule has 0 bridgehead atoms. The number of aromatic nitrogens is 2. The minimum Gasteiger partial charge on any atom is -0.508 e. The largest absolute Gasteiger partial charge is 0.508 e. The Morgan fingerprint density at radius 3 is 2.79 bits per heavy atom. The number of aromatic hydroxyl groups is 2. The Balaban J connectivity index is 1.74. The van der Waals surface area contributed by atoms with Gasteiger partial charge in [-0.05, 0) is 35.2 Å². The van der Waals surface area contributed by atoms with Crippen LogP contribution in [0.15, 0.2) is 75.7 Å². The average Bonchev–Trinajstić information content (AvgIpc) is 3.36. The number of benzene rings is 1. The highest BCUT2D eigenvalue weighted by Crippen LogP contribution is 2.25. The lowest BCUT2D eigenvalue weighted by Crippen LogP contribution is -2.12. The Bertz CT molecular complexity index is 1160. The van der Waals surface area contributed by atoms with Crippen LogP contribution < -0.4 is 4.80 Å². The third-order valence-corrected chi connectivity index (χ3v) is 5.65. The third kappa shape index (κ3) is 4.03. The van der Waals surface area contributed by atoms with Crippen LogP contribution in [0.2, 0.25) is 0 Å². The van der Waals surface area contributed by atoms with E-state index in [2.05, 4.69) is 15.1 Å². The van der Waals surface area contributed by atoms with Gasteiger partial charge < -0.3 is 10.2 Å². The van der Waals surface area contributed by atoms with Gasteiger partial charge in [0.2, 0.25) is 4.80 Å². The van der Waals surface area contributed by atoms with Gasteiger partial charge >= 0.3 is 0 Å². The first-order valence-corrected chi connectivity index (χ1v) is 10.2. The van der Waals surface area contributed by atoms with Gasteiger partial charge in [-0.1, -0.05) is 12.1 Å². The molecule has 1 aromatic carbocycles. The van der Waals surface area contributed by atoms with Crippen molar-refractivity contribution >= 4 is 28.9 Å². The Morgan fingerprint density at radius 1 is 1.11 bits per heavy atom. The van der Waals surface area contributed by atoms with Crippen molar-refractivity contribution in [1.29, 1.82) is 0 Å². The molecule has 0 aliphatic heterocycles. The number of pyridine rings is 1. The van der Waals surface area contributed by atoms with E-state index >= 15 is 0 Å². The van der Waals surface area contributed by atoms with Crippen LogP contribution >= 0.6 is 22.7 Å².